The highest BCUT2D eigenvalue weighted by Crippen LogP contribution is 2.24. The Labute approximate surface area is 120 Å². The van der Waals surface area contributed by atoms with Crippen LogP contribution in [0, 0.1) is 12.0 Å². The minimum atomic E-state index is -2.17. The first kappa shape index (κ1) is 18.5. The number of ether oxygens (including phenoxy) is 1. The van der Waals surface area contributed by atoms with E-state index in [1.165, 1.54) is 0 Å². The molecule has 0 spiro atoms. The molecule has 20 heavy (non-hydrogen) atoms. The Morgan fingerprint density at radius 3 is 1.85 bits per heavy atom. The van der Waals surface area contributed by atoms with E-state index in [9.17, 15) is 5.11 Å². The van der Waals surface area contributed by atoms with Gasteiger partial charge in [0, 0.05) is 5.56 Å². The quantitative estimate of drug-likeness (QED) is 0.468. The van der Waals surface area contributed by atoms with E-state index in [4.69, 9.17) is 19.8 Å². The zero-order valence-electron chi connectivity index (χ0n) is 12.2. The molecule has 0 fully saturated rings. The zero-order chi connectivity index (χ0) is 15.8. The Morgan fingerprint density at radius 1 is 1.00 bits per heavy atom. The molecule has 5 nitrogen and oxygen atoms in total. The standard InChI is InChI=1S/C14H18O2.BH3O3/c1-13(2,15)14(3,4)16-11-10-12-8-6-5-7-9-12;2-1(3)4/h5-9,15H,1-4H3;2-4H. The average molecular weight is 280 g/mol. The summed E-state index contributed by atoms with van der Waals surface area (Å²) in [5, 5.41) is 31.3. The van der Waals surface area contributed by atoms with Gasteiger partial charge in [-0.3, -0.25) is 0 Å². The topological polar surface area (TPSA) is 90.2 Å². The Morgan fingerprint density at radius 2 is 1.45 bits per heavy atom. The van der Waals surface area contributed by atoms with E-state index >= 15 is 0 Å². The second-order valence-electron chi connectivity index (χ2n) is 5.11. The summed E-state index contributed by atoms with van der Waals surface area (Å²) in [4.78, 5) is 0. The maximum atomic E-state index is 9.85. The molecule has 0 saturated heterocycles. The second-order valence-corrected chi connectivity index (χ2v) is 5.11. The highest BCUT2D eigenvalue weighted by Gasteiger charge is 2.36. The fourth-order valence-electron chi connectivity index (χ4n) is 0.858. The molecule has 1 rings (SSSR count). The van der Waals surface area contributed by atoms with Crippen molar-refractivity contribution in [2.75, 3.05) is 0 Å². The molecule has 0 unspecified atom stereocenters. The molecule has 0 aliphatic heterocycles. The number of hydrogen-bond donors (Lipinski definition) is 4. The minimum Gasteiger partial charge on any atom is -0.437 e. The van der Waals surface area contributed by atoms with Gasteiger partial charge in [-0.05, 0) is 45.7 Å². The van der Waals surface area contributed by atoms with Gasteiger partial charge in [-0.25, -0.2) is 0 Å². The van der Waals surface area contributed by atoms with Crippen molar-refractivity contribution in [2.24, 2.45) is 0 Å². The van der Waals surface area contributed by atoms with Crippen molar-refractivity contribution in [3.63, 3.8) is 0 Å². The van der Waals surface area contributed by atoms with Gasteiger partial charge in [-0.2, -0.15) is 0 Å². The number of aliphatic hydroxyl groups is 1. The fraction of sp³-hybridized carbons (Fsp3) is 0.429. The van der Waals surface area contributed by atoms with Crippen molar-refractivity contribution < 1.29 is 24.9 Å². The third-order valence-corrected chi connectivity index (χ3v) is 2.75. The molecule has 0 heterocycles. The Balaban J connectivity index is 0.000000796. The van der Waals surface area contributed by atoms with Crippen LogP contribution in [-0.4, -0.2) is 38.7 Å². The van der Waals surface area contributed by atoms with E-state index in [2.05, 4.69) is 12.0 Å². The van der Waals surface area contributed by atoms with Crippen LogP contribution in [0.15, 0.2) is 30.3 Å². The van der Waals surface area contributed by atoms with Crippen LogP contribution in [0.5, 0.6) is 0 Å². The van der Waals surface area contributed by atoms with E-state index in [1.807, 2.05) is 44.2 Å². The molecule has 0 bridgehead atoms. The number of hydrogen-bond acceptors (Lipinski definition) is 5. The molecule has 1 aromatic rings. The summed E-state index contributed by atoms with van der Waals surface area (Å²) in [5.41, 5.74) is -0.735. The van der Waals surface area contributed by atoms with Gasteiger partial charge < -0.3 is 24.9 Å². The van der Waals surface area contributed by atoms with E-state index in [-0.39, 0.29) is 0 Å². The summed E-state index contributed by atoms with van der Waals surface area (Å²) >= 11 is 0. The highest BCUT2D eigenvalue weighted by atomic mass is 16.5. The number of rotatable bonds is 2. The molecule has 0 aromatic heterocycles. The molecule has 110 valence electrons. The molecule has 1 aromatic carbocycles. The normalized spacial score (nSPS) is 10.6. The lowest BCUT2D eigenvalue weighted by Gasteiger charge is -2.34. The molecule has 0 aliphatic rings. The lowest BCUT2D eigenvalue weighted by molar-refractivity contribution is -0.106. The Kier molecular flexibility index (Phi) is 7.33. The molecule has 6 heteroatoms. The SMILES string of the molecule is CC(C)(O)C(C)(C)OC#Cc1ccccc1.OB(O)O. The molecule has 0 amide bonds. The third-order valence-electron chi connectivity index (χ3n) is 2.75. The van der Waals surface area contributed by atoms with E-state index in [0.29, 0.717) is 0 Å². The van der Waals surface area contributed by atoms with Crippen molar-refractivity contribution in [3.8, 4) is 12.0 Å². The van der Waals surface area contributed by atoms with Crippen LogP contribution in [0.25, 0.3) is 0 Å². The summed E-state index contributed by atoms with van der Waals surface area (Å²) in [6.45, 7) is 7.04. The van der Waals surface area contributed by atoms with Crippen LogP contribution >= 0.6 is 0 Å². The maximum Gasteiger partial charge on any atom is 0.631 e. The van der Waals surface area contributed by atoms with Crippen LogP contribution in [0.1, 0.15) is 33.3 Å². The maximum absolute atomic E-state index is 9.85. The van der Waals surface area contributed by atoms with Crippen LogP contribution in [0.2, 0.25) is 0 Å². The molecular weight excluding hydrogens is 259 g/mol. The lowest BCUT2D eigenvalue weighted by atomic mass is 9.90. The van der Waals surface area contributed by atoms with Gasteiger partial charge in [0.25, 0.3) is 0 Å². The van der Waals surface area contributed by atoms with Gasteiger partial charge in [0.15, 0.2) is 0 Å². The minimum absolute atomic E-state index is 0.700. The second kappa shape index (κ2) is 7.93. The summed E-state index contributed by atoms with van der Waals surface area (Å²) in [6.07, 6.45) is 2.64. The number of benzene rings is 1. The van der Waals surface area contributed by atoms with Crippen molar-refractivity contribution in [1.82, 2.24) is 0 Å². The predicted molar refractivity (Wildman–Crippen MR) is 77.2 cm³/mol. The van der Waals surface area contributed by atoms with Crippen molar-refractivity contribution in [2.45, 2.75) is 38.9 Å². The van der Waals surface area contributed by atoms with E-state index < -0.39 is 18.5 Å². The Hall–Kier alpha value is -1.52. The molecule has 0 radical (unpaired) electrons. The highest BCUT2D eigenvalue weighted by molar-refractivity contribution is 6.30. The van der Waals surface area contributed by atoms with Crippen LogP contribution in [0.3, 0.4) is 0 Å². The third kappa shape index (κ3) is 7.82. The van der Waals surface area contributed by atoms with Crippen molar-refractivity contribution in [1.29, 1.82) is 0 Å². The summed E-state index contributed by atoms with van der Waals surface area (Å²) in [5.74, 6) is 2.89. The fourth-order valence-corrected chi connectivity index (χ4v) is 0.858. The monoisotopic (exact) mass is 280 g/mol. The van der Waals surface area contributed by atoms with Crippen LogP contribution < -0.4 is 0 Å². The molecular formula is C14H21BO5. The zero-order valence-corrected chi connectivity index (χ0v) is 12.2. The largest absolute Gasteiger partial charge is 0.631 e. The first-order chi connectivity index (χ1) is 9.06. The first-order valence-electron chi connectivity index (χ1n) is 6.07. The van der Waals surface area contributed by atoms with Crippen LogP contribution in [-0.2, 0) is 4.74 Å². The lowest BCUT2D eigenvalue weighted by Crippen LogP contribution is -2.46. The van der Waals surface area contributed by atoms with Gasteiger partial charge in [0.1, 0.15) is 11.7 Å². The Bertz CT molecular complexity index is 437. The van der Waals surface area contributed by atoms with Gasteiger partial charge in [-0.1, -0.05) is 18.2 Å². The summed E-state index contributed by atoms with van der Waals surface area (Å²) in [6, 6.07) is 9.60. The molecule has 4 N–H and O–H groups in total. The first-order valence-corrected chi connectivity index (χ1v) is 6.07. The smallest absolute Gasteiger partial charge is 0.437 e. The molecule has 0 atom stereocenters. The molecule has 0 saturated carbocycles. The van der Waals surface area contributed by atoms with Crippen LogP contribution in [0.4, 0.5) is 0 Å². The van der Waals surface area contributed by atoms with Gasteiger partial charge >= 0.3 is 7.32 Å². The summed E-state index contributed by atoms with van der Waals surface area (Å²) < 4.78 is 5.39. The summed E-state index contributed by atoms with van der Waals surface area (Å²) in [7, 11) is -2.17. The molecule has 0 aliphatic carbocycles. The van der Waals surface area contributed by atoms with Gasteiger partial charge in [-0.15, -0.1) is 0 Å². The van der Waals surface area contributed by atoms with E-state index in [1.54, 1.807) is 13.8 Å². The van der Waals surface area contributed by atoms with Crippen molar-refractivity contribution in [3.05, 3.63) is 35.9 Å². The van der Waals surface area contributed by atoms with Gasteiger partial charge in [0.2, 0.25) is 0 Å². The van der Waals surface area contributed by atoms with E-state index in [0.717, 1.165) is 5.56 Å². The average Bonchev–Trinajstić information content (AvgIpc) is 2.28. The van der Waals surface area contributed by atoms with Crippen molar-refractivity contribution >= 4 is 7.32 Å². The predicted octanol–water partition coefficient (Wildman–Crippen LogP) is 0.510. The van der Waals surface area contributed by atoms with Gasteiger partial charge in [0.05, 0.1) is 5.60 Å².